The van der Waals surface area contributed by atoms with Crippen LogP contribution in [0, 0.1) is 17.2 Å². The van der Waals surface area contributed by atoms with Crippen LogP contribution in [0.25, 0.3) is 0 Å². The maximum atomic E-state index is 12.1. The van der Waals surface area contributed by atoms with Crippen molar-refractivity contribution in [1.82, 2.24) is 4.90 Å². The number of nitrogens with two attached hydrogens (primary N) is 1. The Kier molecular flexibility index (Phi) is 5.32. The molecule has 1 saturated heterocycles. The average Bonchev–Trinajstić information content (AvgIpc) is 2.47. The van der Waals surface area contributed by atoms with E-state index in [0.29, 0.717) is 23.7 Å². The third-order valence-corrected chi connectivity index (χ3v) is 3.93. The van der Waals surface area contributed by atoms with Crippen LogP contribution in [0.3, 0.4) is 0 Å². The maximum Gasteiger partial charge on any atom is 0.238 e. The molecule has 1 amide bonds. The number of rotatable bonds is 4. The van der Waals surface area contributed by atoms with Gasteiger partial charge in [0.05, 0.1) is 18.2 Å². The first-order valence-corrected chi connectivity index (χ1v) is 7.36. The lowest BCUT2D eigenvalue weighted by molar-refractivity contribution is -0.117. The molecule has 1 aromatic rings. The zero-order valence-corrected chi connectivity index (χ0v) is 12.4. The lowest BCUT2D eigenvalue weighted by atomic mass is 9.92. The van der Waals surface area contributed by atoms with Crippen molar-refractivity contribution >= 4 is 11.6 Å². The lowest BCUT2D eigenvalue weighted by Crippen LogP contribution is -2.45. The molecule has 0 aliphatic carbocycles. The van der Waals surface area contributed by atoms with Crippen molar-refractivity contribution in [2.24, 2.45) is 11.7 Å². The van der Waals surface area contributed by atoms with Gasteiger partial charge in [0.25, 0.3) is 0 Å². The van der Waals surface area contributed by atoms with E-state index in [0.717, 1.165) is 25.9 Å². The minimum Gasteiger partial charge on any atom is -0.328 e. The molecule has 0 bridgehead atoms. The molecule has 1 aliphatic rings. The normalized spacial score (nSPS) is 20.5. The Labute approximate surface area is 125 Å². The molecule has 5 nitrogen and oxygen atoms in total. The molecule has 0 radical (unpaired) electrons. The molecule has 2 rings (SSSR count). The van der Waals surface area contributed by atoms with E-state index in [4.69, 9.17) is 11.0 Å². The van der Waals surface area contributed by atoms with Gasteiger partial charge in [-0.3, -0.25) is 9.69 Å². The number of nitrogens with one attached hydrogen (secondary N) is 1. The number of carbonyl (C=O) groups is 1. The van der Waals surface area contributed by atoms with E-state index in [1.54, 1.807) is 24.3 Å². The third-order valence-electron chi connectivity index (χ3n) is 3.93. The number of amides is 1. The number of benzene rings is 1. The zero-order valence-electron chi connectivity index (χ0n) is 12.4. The summed E-state index contributed by atoms with van der Waals surface area (Å²) in [6.07, 6.45) is 2.23. The Bertz CT molecular complexity index is 535. The van der Waals surface area contributed by atoms with E-state index >= 15 is 0 Å². The number of hydrogen-bond acceptors (Lipinski definition) is 4. The summed E-state index contributed by atoms with van der Waals surface area (Å²) in [5.74, 6) is 0.420. The molecule has 112 valence electrons. The molecular weight excluding hydrogens is 264 g/mol. The number of anilines is 1. The van der Waals surface area contributed by atoms with Crippen LogP contribution in [0.15, 0.2) is 24.3 Å². The summed E-state index contributed by atoms with van der Waals surface area (Å²) in [5.41, 5.74) is 7.17. The monoisotopic (exact) mass is 286 g/mol. The molecule has 2 unspecified atom stereocenters. The Morgan fingerprint density at radius 3 is 3.14 bits per heavy atom. The standard InChI is InChI=1S/C16H22N4O/c1-12(18)14-5-3-7-20(10-14)11-16(21)19-15-6-2-4-13(8-15)9-17/h2,4,6,8,12,14H,3,5,7,10-11,18H2,1H3,(H,19,21). The topological polar surface area (TPSA) is 82.2 Å². The van der Waals surface area contributed by atoms with Gasteiger partial charge in [0, 0.05) is 18.3 Å². The van der Waals surface area contributed by atoms with Crippen LogP contribution in [0.2, 0.25) is 0 Å². The van der Waals surface area contributed by atoms with Gasteiger partial charge in [-0.2, -0.15) is 5.26 Å². The van der Waals surface area contributed by atoms with E-state index in [-0.39, 0.29) is 11.9 Å². The highest BCUT2D eigenvalue weighted by atomic mass is 16.2. The number of nitrogens with zero attached hydrogens (tertiary/aromatic N) is 2. The summed E-state index contributed by atoms with van der Waals surface area (Å²) in [5, 5.41) is 11.7. The summed E-state index contributed by atoms with van der Waals surface area (Å²) < 4.78 is 0. The van der Waals surface area contributed by atoms with Gasteiger partial charge in [0.15, 0.2) is 0 Å². The number of hydrogen-bond donors (Lipinski definition) is 2. The minimum absolute atomic E-state index is 0.0459. The molecule has 3 N–H and O–H groups in total. The fraction of sp³-hybridized carbons (Fsp3) is 0.500. The second kappa shape index (κ2) is 7.21. The van der Waals surface area contributed by atoms with Crippen LogP contribution in [0.4, 0.5) is 5.69 Å². The van der Waals surface area contributed by atoms with Crippen molar-refractivity contribution in [3.63, 3.8) is 0 Å². The SMILES string of the molecule is CC(N)C1CCCN(CC(=O)Nc2cccc(C#N)c2)C1. The summed E-state index contributed by atoms with van der Waals surface area (Å²) in [6, 6.07) is 9.19. The highest BCUT2D eigenvalue weighted by Crippen LogP contribution is 2.18. The third kappa shape index (κ3) is 4.55. The lowest BCUT2D eigenvalue weighted by Gasteiger charge is -2.34. The van der Waals surface area contributed by atoms with Gasteiger partial charge in [0.2, 0.25) is 5.91 Å². The fourth-order valence-corrected chi connectivity index (χ4v) is 2.73. The zero-order chi connectivity index (χ0) is 15.2. The largest absolute Gasteiger partial charge is 0.328 e. The first kappa shape index (κ1) is 15.5. The quantitative estimate of drug-likeness (QED) is 0.880. The van der Waals surface area contributed by atoms with Crippen molar-refractivity contribution in [2.45, 2.75) is 25.8 Å². The van der Waals surface area contributed by atoms with Gasteiger partial charge in [0.1, 0.15) is 0 Å². The summed E-state index contributed by atoms with van der Waals surface area (Å²) >= 11 is 0. The van der Waals surface area contributed by atoms with E-state index in [9.17, 15) is 4.79 Å². The summed E-state index contributed by atoms with van der Waals surface area (Å²) in [4.78, 5) is 14.2. The van der Waals surface area contributed by atoms with Crippen LogP contribution < -0.4 is 11.1 Å². The Morgan fingerprint density at radius 2 is 2.43 bits per heavy atom. The molecule has 0 aromatic heterocycles. The second-order valence-corrected chi connectivity index (χ2v) is 5.74. The number of likely N-dealkylation sites (tertiary alicyclic amines) is 1. The molecule has 0 saturated carbocycles. The van der Waals surface area contributed by atoms with E-state index in [1.165, 1.54) is 0 Å². The number of nitriles is 1. The van der Waals surface area contributed by atoms with E-state index in [2.05, 4.69) is 16.3 Å². The highest BCUT2D eigenvalue weighted by molar-refractivity contribution is 5.92. The highest BCUT2D eigenvalue weighted by Gasteiger charge is 2.23. The number of carbonyl (C=O) groups excluding carboxylic acids is 1. The minimum atomic E-state index is -0.0459. The predicted octanol–water partition coefficient (Wildman–Crippen LogP) is 1.56. The van der Waals surface area contributed by atoms with Crippen molar-refractivity contribution in [2.75, 3.05) is 25.0 Å². The van der Waals surface area contributed by atoms with Gasteiger partial charge in [-0.1, -0.05) is 6.07 Å². The molecular formula is C16H22N4O. The van der Waals surface area contributed by atoms with E-state index < -0.39 is 0 Å². The van der Waals surface area contributed by atoms with Crippen molar-refractivity contribution < 1.29 is 4.79 Å². The summed E-state index contributed by atoms with van der Waals surface area (Å²) in [7, 11) is 0. The first-order chi connectivity index (χ1) is 10.1. The van der Waals surface area contributed by atoms with Crippen LogP contribution in [0.5, 0.6) is 0 Å². The molecule has 2 atom stereocenters. The van der Waals surface area contributed by atoms with Gasteiger partial charge >= 0.3 is 0 Å². The Balaban J connectivity index is 1.88. The smallest absolute Gasteiger partial charge is 0.238 e. The van der Waals surface area contributed by atoms with Crippen molar-refractivity contribution in [1.29, 1.82) is 5.26 Å². The fourth-order valence-electron chi connectivity index (χ4n) is 2.73. The molecule has 1 fully saturated rings. The first-order valence-electron chi connectivity index (χ1n) is 7.36. The van der Waals surface area contributed by atoms with Gasteiger partial charge in [-0.25, -0.2) is 0 Å². The molecule has 21 heavy (non-hydrogen) atoms. The molecule has 0 spiro atoms. The van der Waals surface area contributed by atoms with Crippen LogP contribution >= 0.6 is 0 Å². The van der Waals surface area contributed by atoms with Crippen molar-refractivity contribution in [3.8, 4) is 6.07 Å². The summed E-state index contributed by atoms with van der Waals surface area (Å²) in [6.45, 7) is 4.22. The Hall–Kier alpha value is -1.90. The van der Waals surface area contributed by atoms with Gasteiger partial charge in [-0.05, 0) is 50.4 Å². The Morgan fingerprint density at radius 1 is 1.62 bits per heavy atom. The molecule has 1 heterocycles. The maximum absolute atomic E-state index is 12.1. The number of piperidine rings is 1. The second-order valence-electron chi connectivity index (χ2n) is 5.74. The predicted molar refractivity (Wildman–Crippen MR) is 82.6 cm³/mol. The van der Waals surface area contributed by atoms with Gasteiger partial charge in [-0.15, -0.1) is 0 Å². The average molecular weight is 286 g/mol. The molecule has 1 aliphatic heterocycles. The molecule has 5 heteroatoms. The van der Waals surface area contributed by atoms with E-state index in [1.807, 2.05) is 6.92 Å². The van der Waals surface area contributed by atoms with Crippen LogP contribution in [-0.2, 0) is 4.79 Å². The van der Waals surface area contributed by atoms with Gasteiger partial charge < -0.3 is 11.1 Å². The van der Waals surface area contributed by atoms with Crippen LogP contribution in [-0.4, -0.2) is 36.5 Å². The molecule has 1 aromatic carbocycles. The van der Waals surface area contributed by atoms with Crippen LogP contribution in [0.1, 0.15) is 25.3 Å². The van der Waals surface area contributed by atoms with Crippen molar-refractivity contribution in [3.05, 3.63) is 29.8 Å².